The summed E-state index contributed by atoms with van der Waals surface area (Å²) in [6.45, 7) is 1.42. The Kier molecular flexibility index (Phi) is 2.05. The molecule has 7 nitrogen and oxygen atoms in total. The van der Waals surface area contributed by atoms with E-state index >= 15 is 0 Å². The predicted molar refractivity (Wildman–Crippen MR) is 54.2 cm³/mol. The molecule has 0 aromatic carbocycles. The summed E-state index contributed by atoms with van der Waals surface area (Å²) in [5, 5.41) is 7.39. The molecule has 1 aromatic heterocycles. The van der Waals surface area contributed by atoms with E-state index in [1.54, 1.807) is 4.90 Å². The van der Waals surface area contributed by atoms with Gasteiger partial charge in [0, 0.05) is 13.1 Å². The monoisotopic (exact) mass is 223 g/mol. The Hall–Kier alpha value is -1.66. The SMILES string of the molecule is O=C(N1CCCC1)n1nnn(C2CC2)c1=O. The second kappa shape index (κ2) is 3.43. The van der Waals surface area contributed by atoms with Crippen molar-refractivity contribution in [2.45, 2.75) is 31.7 Å². The fourth-order valence-electron chi connectivity index (χ4n) is 1.97. The van der Waals surface area contributed by atoms with Crippen molar-refractivity contribution in [1.82, 2.24) is 24.7 Å². The van der Waals surface area contributed by atoms with E-state index in [0.717, 1.165) is 30.4 Å². The first-order valence-electron chi connectivity index (χ1n) is 5.61. The highest BCUT2D eigenvalue weighted by molar-refractivity contribution is 5.75. The Morgan fingerprint density at radius 3 is 2.50 bits per heavy atom. The molecular weight excluding hydrogens is 210 g/mol. The molecule has 1 saturated carbocycles. The molecule has 1 aliphatic carbocycles. The smallest absolute Gasteiger partial charge is 0.323 e. The van der Waals surface area contributed by atoms with Crippen LogP contribution < -0.4 is 5.69 Å². The van der Waals surface area contributed by atoms with Gasteiger partial charge in [-0.1, -0.05) is 0 Å². The number of hydrogen-bond donors (Lipinski definition) is 0. The van der Waals surface area contributed by atoms with Crippen molar-refractivity contribution in [3.8, 4) is 0 Å². The van der Waals surface area contributed by atoms with Gasteiger partial charge in [0.25, 0.3) is 0 Å². The zero-order valence-electron chi connectivity index (χ0n) is 8.87. The third-order valence-electron chi connectivity index (χ3n) is 3.05. The van der Waals surface area contributed by atoms with Crippen LogP contribution in [0.3, 0.4) is 0 Å². The molecule has 1 aliphatic heterocycles. The lowest BCUT2D eigenvalue weighted by Gasteiger charge is -2.12. The van der Waals surface area contributed by atoms with E-state index in [9.17, 15) is 9.59 Å². The number of hydrogen-bond acceptors (Lipinski definition) is 4. The summed E-state index contributed by atoms with van der Waals surface area (Å²) in [5.41, 5.74) is -0.403. The van der Waals surface area contributed by atoms with E-state index < -0.39 is 5.69 Å². The Balaban J connectivity index is 1.88. The average Bonchev–Trinajstić information content (AvgIpc) is 2.84. The third-order valence-corrected chi connectivity index (χ3v) is 3.05. The first-order chi connectivity index (χ1) is 7.77. The molecule has 2 heterocycles. The molecule has 1 amide bonds. The highest BCUT2D eigenvalue weighted by atomic mass is 16.2. The Morgan fingerprint density at radius 1 is 1.19 bits per heavy atom. The lowest BCUT2D eigenvalue weighted by Crippen LogP contribution is -2.39. The summed E-state index contributed by atoms with van der Waals surface area (Å²) < 4.78 is 2.19. The molecule has 0 atom stereocenters. The van der Waals surface area contributed by atoms with E-state index in [1.165, 1.54) is 4.68 Å². The van der Waals surface area contributed by atoms with Crippen LogP contribution in [0.1, 0.15) is 31.7 Å². The van der Waals surface area contributed by atoms with Crippen LogP contribution in [0.15, 0.2) is 4.79 Å². The van der Waals surface area contributed by atoms with Gasteiger partial charge in [-0.15, -0.1) is 4.68 Å². The van der Waals surface area contributed by atoms with E-state index in [4.69, 9.17) is 0 Å². The predicted octanol–water partition coefficient (Wildman–Crippen LogP) is -0.161. The van der Waals surface area contributed by atoms with Crippen molar-refractivity contribution in [1.29, 1.82) is 0 Å². The van der Waals surface area contributed by atoms with Gasteiger partial charge >= 0.3 is 11.7 Å². The second-order valence-electron chi connectivity index (χ2n) is 4.33. The van der Waals surface area contributed by atoms with Crippen LogP contribution in [-0.2, 0) is 0 Å². The van der Waals surface area contributed by atoms with Crippen LogP contribution >= 0.6 is 0 Å². The molecule has 0 unspecified atom stereocenters. The van der Waals surface area contributed by atoms with Crippen molar-refractivity contribution >= 4 is 6.03 Å². The molecule has 0 bridgehead atoms. The fourth-order valence-corrected chi connectivity index (χ4v) is 1.97. The van der Waals surface area contributed by atoms with Gasteiger partial charge in [-0.2, -0.15) is 4.68 Å². The molecule has 1 aromatic rings. The minimum Gasteiger partial charge on any atom is -0.323 e. The Labute approximate surface area is 91.6 Å². The molecule has 2 aliphatic rings. The van der Waals surface area contributed by atoms with Gasteiger partial charge < -0.3 is 4.90 Å². The van der Waals surface area contributed by atoms with Gasteiger partial charge in [0.15, 0.2) is 0 Å². The molecule has 0 radical (unpaired) electrons. The number of amides is 1. The van der Waals surface area contributed by atoms with Gasteiger partial charge in [0.05, 0.1) is 6.04 Å². The number of rotatable bonds is 1. The standard InChI is InChI=1S/C9H13N5O2/c15-8(12-5-1-2-6-12)14-9(16)13(10-11-14)7-3-4-7/h7H,1-6H2. The summed E-state index contributed by atoms with van der Waals surface area (Å²) in [6, 6.07) is -0.179. The van der Waals surface area contributed by atoms with E-state index in [2.05, 4.69) is 10.4 Å². The lowest BCUT2D eigenvalue weighted by atomic mass is 10.4. The van der Waals surface area contributed by atoms with Gasteiger partial charge in [-0.3, -0.25) is 0 Å². The molecule has 2 fully saturated rings. The van der Waals surface area contributed by atoms with Crippen LogP contribution in [0.5, 0.6) is 0 Å². The average molecular weight is 223 g/mol. The first kappa shape index (κ1) is 9.56. The van der Waals surface area contributed by atoms with E-state index in [1.807, 2.05) is 0 Å². The van der Waals surface area contributed by atoms with Gasteiger partial charge in [-0.25, -0.2) is 9.59 Å². The van der Waals surface area contributed by atoms with Crippen molar-refractivity contribution < 1.29 is 4.79 Å². The maximum atomic E-state index is 11.9. The number of likely N-dealkylation sites (tertiary alicyclic amines) is 1. The molecular formula is C9H13N5O2. The summed E-state index contributed by atoms with van der Waals surface area (Å²) in [7, 11) is 0. The van der Waals surface area contributed by atoms with Crippen molar-refractivity contribution in [3.05, 3.63) is 10.5 Å². The summed E-state index contributed by atoms with van der Waals surface area (Å²) in [5.74, 6) is 0. The minimum atomic E-state index is -0.403. The van der Waals surface area contributed by atoms with Crippen molar-refractivity contribution in [2.75, 3.05) is 13.1 Å². The summed E-state index contributed by atoms with van der Waals surface area (Å²) >= 11 is 0. The van der Waals surface area contributed by atoms with Gasteiger partial charge in [-0.05, 0) is 36.1 Å². The van der Waals surface area contributed by atoms with Crippen LogP contribution in [0.2, 0.25) is 0 Å². The number of carbonyl (C=O) groups is 1. The fraction of sp³-hybridized carbons (Fsp3) is 0.778. The van der Waals surface area contributed by atoms with Crippen LogP contribution in [-0.4, -0.2) is 43.8 Å². The van der Waals surface area contributed by atoms with Gasteiger partial charge in [0.1, 0.15) is 0 Å². The third kappa shape index (κ3) is 1.43. The highest BCUT2D eigenvalue weighted by Gasteiger charge is 2.30. The molecule has 86 valence electrons. The number of tetrazole rings is 1. The van der Waals surface area contributed by atoms with E-state index in [0.29, 0.717) is 13.1 Å². The van der Waals surface area contributed by atoms with Crippen molar-refractivity contribution in [2.24, 2.45) is 0 Å². The Morgan fingerprint density at radius 2 is 1.88 bits per heavy atom. The second-order valence-corrected chi connectivity index (χ2v) is 4.33. The van der Waals surface area contributed by atoms with Crippen LogP contribution in [0, 0.1) is 0 Å². The largest absolute Gasteiger partial charge is 0.372 e. The van der Waals surface area contributed by atoms with Crippen molar-refractivity contribution in [3.63, 3.8) is 0 Å². The molecule has 16 heavy (non-hydrogen) atoms. The zero-order valence-corrected chi connectivity index (χ0v) is 8.87. The molecule has 7 heteroatoms. The zero-order chi connectivity index (χ0) is 11.1. The molecule has 3 rings (SSSR count). The summed E-state index contributed by atoms with van der Waals surface area (Å²) in [6.07, 6.45) is 3.90. The minimum absolute atomic E-state index is 0.160. The maximum Gasteiger partial charge on any atom is 0.372 e. The number of aromatic nitrogens is 4. The normalized spacial score (nSPS) is 20.4. The number of carbonyl (C=O) groups excluding carboxylic acids is 1. The topological polar surface area (TPSA) is 73.0 Å². The quantitative estimate of drug-likeness (QED) is 0.620. The lowest BCUT2D eigenvalue weighted by molar-refractivity contribution is 0.205. The first-order valence-corrected chi connectivity index (χ1v) is 5.61. The molecule has 0 N–H and O–H groups in total. The number of nitrogens with zero attached hydrogens (tertiary/aromatic N) is 5. The molecule has 1 saturated heterocycles. The molecule has 0 spiro atoms. The Bertz CT molecular complexity index is 466. The van der Waals surface area contributed by atoms with Crippen LogP contribution in [0.25, 0.3) is 0 Å². The van der Waals surface area contributed by atoms with E-state index in [-0.39, 0.29) is 12.1 Å². The summed E-state index contributed by atoms with van der Waals surface area (Å²) in [4.78, 5) is 25.3. The highest BCUT2D eigenvalue weighted by Crippen LogP contribution is 2.32. The van der Waals surface area contributed by atoms with Crippen LogP contribution in [0.4, 0.5) is 4.79 Å². The maximum absolute atomic E-state index is 11.9. The van der Waals surface area contributed by atoms with Gasteiger partial charge in [0.2, 0.25) is 0 Å².